The highest BCUT2D eigenvalue weighted by Crippen LogP contribution is 2.46. The van der Waals surface area contributed by atoms with Crippen molar-refractivity contribution in [3.05, 3.63) is 70.4 Å². The standard InChI is InChI=1S/C26H29NO3/c1-4-18-11-8-10-17(3)26(18)27-21-13-9-14-22(28)25(21)20(16-24(27)29)19-12-6-7-15-23(19)30-5-2/h6-8,10-12,15,20H,4-5,9,13-14,16H2,1-3H3. The van der Waals surface area contributed by atoms with Gasteiger partial charge in [-0.05, 0) is 50.3 Å². The molecule has 2 aliphatic rings. The first-order valence-corrected chi connectivity index (χ1v) is 11.0. The molecule has 4 nitrogen and oxygen atoms in total. The predicted octanol–water partition coefficient (Wildman–Crippen LogP) is 5.48. The molecule has 1 unspecified atom stereocenters. The van der Waals surface area contributed by atoms with E-state index in [0.29, 0.717) is 13.0 Å². The van der Waals surface area contributed by atoms with Crippen LogP contribution in [0.2, 0.25) is 0 Å². The number of amides is 1. The molecular formula is C26H29NO3. The molecule has 30 heavy (non-hydrogen) atoms. The maximum atomic E-state index is 13.6. The lowest BCUT2D eigenvalue weighted by atomic mass is 9.76. The Kier molecular flexibility index (Phi) is 5.76. The molecule has 0 radical (unpaired) electrons. The monoisotopic (exact) mass is 403 g/mol. The number of aryl methyl sites for hydroxylation is 2. The summed E-state index contributed by atoms with van der Waals surface area (Å²) in [6.07, 6.45) is 3.20. The number of para-hydroxylation sites is 2. The third-order valence-electron chi connectivity index (χ3n) is 6.20. The van der Waals surface area contributed by atoms with Gasteiger partial charge in [-0.3, -0.25) is 14.5 Å². The van der Waals surface area contributed by atoms with Crippen molar-refractivity contribution in [2.75, 3.05) is 11.5 Å². The van der Waals surface area contributed by atoms with Crippen LogP contribution in [0.4, 0.5) is 5.69 Å². The number of rotatable bonds is 5. The predicted molar refractivity (Wildman–Crippen MR) is 119 cm³/mol. The average molecular weight is 404 g/mol. The number of carbonyl (C=O) groups excluding carboxylic acids is 2. The summed E-state index contributed by atoms with van der Waals surface area (Å²) in [6.45, 7) is 6.65. The normalized spacial score (nSPS) is 19.2. The SMILES string of the molecule is CCOc1ccccc1C1CC(=O)N(c2c(C)cccc2CC)C2=C1C(=O)CCC2. The number of Topliss-reactive ketones (excluding diaryl/α,β-unsaturated/α-hetero) is 1. The maximum Gasteiger partial charge on any atom is 0.232 e. The third-order valence-corrected chi connectivity index (χ3v) is 6.20. The van der Waals surface area contributed by atoms with Crippen LogP contribution in [0, 0.1) is 6.92 Å². The van der Waals surface area contributed by atoms with Crippen LogP contribution in [-0.4, -0.2) is 18.3 Å². The van der Waals surface area contributed by atoms with Gasteiger partial charge in [0.2, 0.25) is 5.91 Å². The Morgan fingerprint density at radius 1 is 1.03 bits per heavy atom. The minimum absolute atomic E-state index is 0.0590. The molecule has 0 bridgehead atoms. The lowest BCUT2D eigenvalue weighted by molar-refractivity contribution is -0.119. The molecule has 1 atom stereocenters. The Morgan fingerprint density at radius 3 is 2.60 bits per heavy atom. The van der Waals surface area contributed by atoms with Crippen LogP contribution in [-0.2, 0) is 16.0 Å². The van der Waals surface area contributed by atoms with Gasteiger partial charge in [0.15, 0.2) is 5.78 Å². The molecule has 0 fully saturated rings. The molecule has 0 N–H and O–H groups in total. The number of benzene rings is 2. The molecule has 0 aromatic heterocycles. The maximum absolute atomic E-state index is 13.6. The van der Waals surface area contributed by atoms with E-state index in [4.69, 9.17) is 4.74 Å². The van der Waals surface area contributed by atoms with Gasteiger partial charge in [-0.2, -0.15) is 0 Å². The Bertz CT molecular complexity index is 1020. The summed E-state index contributed by atoms with van der Waals surface area (Å²) < 4.78 is 5.85. The summed E-state index contributed by atoms with van der Waals surface area (Å²) >= 11 is 0. The zero-order valence-electron chi connectivity index (χ0n) is 18.0. The van der Waals surface area contributed by atoms with Gasteiger partial charge >= 0.3 is 0 Å². The zero-order valence-corrected chi connectivity index (χ0v) is 18.0. The quantitative estimate of drug-likeness (QED) is 0.664. The van der Waals surface area contributed by atoms with Crippen LogP contribution in [0.1, 0.15) is 62.1 Å². The van der Waals surface area contributed by atoms with Crippen LogP contribution in [0.25, 0.3) is 0 Å². The second-order valence-electron chi connectivity index (χ2n) is 8.03. The van der Waals surface area contributed by atoms with Gasteiger partial charge in [0, 0.05) is 35.6 Å². The van der Waals surface area contributed by atoms with E-state index in [0.717, 1.165) is 58.7 Å². The fraction of sp³-hybridized carbons (Fsp3) is 0.385. The van der Waals surface area contributed by atoms with Crippen LogP contribution in [0.15, 0.2) is 53.7 Å². The summed E-state index contributed by atoms with van der Waals surface area (Å²) in [5, 5.41) is 0. The summed E-state index contributed by atoms with van der Waals surface area (Å²) in [4.78, 5) is 28.6. The molecule has 0 saturated carbocycles. The second kappa shape index (κ2) is 8.47. The molecular weight excluding hydrogens is 374 g/mol. The molecule has 2 aromatic carbocycles. The minimum atomic E-state index is -0.242. The molecule has 1 heterocycles. The number of hydrogen-bond acceptors (Lipinski definition) is 3. The van der Waals surface area contributed by atoms with Gasteiger partial charge in [0.25, 0.3) is 0 Å². The Balaban J connectivity index is 1.91. The first-order valence-electron chi connectivity index (χ1n) is 11.0. The van der Waals surface area contributed by atoms with Crippen molar-refractivity contribution in [2.24, 2.45) is 0 Å². The molecule has 0 spiro atoms. The van der Waals surface area contributed by atoms with Crippen LogP contribution in [0.3, 0.4) is 0 Å². The Labute approximate surface area is 178 Å². The molecule has 1 aliphatic carbocycles. The average Bonchev–Trinajstić information content (AvgIpc) is 2.74. The Hall–Kier alpha value is -2.88. The lowest BCUT2D eigenvalue weighted by Crippen LogP contribution is -2.41. The number of carbonyl (C=O) groups is 2. The number of anilines is 1. The fourth-order valence-corrected chi connectivity index (χ4v) is 4.90. The van der Waals surface area contributed by atoms with E-state index in [1.165, 1.54) is 0 Å². The molecule has 4 heteroatoms. The van der Waals surface area contributed by atoms with Crippen LogP contribution < -0.4 is 9.64 Å². The van der Waals surface area contributed by atoms with E-state index in [2.05, 4.69) is 13.0 Å². The number of hydrogen-bond donors (Lipinski definition) is 0. The van der Waals surface area contributed by atoms with Crippen molar-refractivity contribution in [3.63, 3.8) is 0 Å². The highest BCUT2D eigenvalue weighted by molar-refractivity contribution is 6.08. The molecule has 1 aliphatic heterocycles. The third kappa shape index (κ3) is 3.45. The first kappa shape index (κ1) is 20.4. The van der Waals surface area contributed by atoms with Crippen molar-refractivity contribution in [3.8, 4) is 5.75 Å². The Morgan fingerprint density at radius 2 is 1.83 bits per heavy atom. The zero-order chi connectivity index (χ0) is 21.3. The number of allylic oxidation sites excluding steroid dienone is 2. The van der Waals surface area contributed by atoms with Gasteiger partial charge in [-0.15, -0.1) is 0 Å². The van der Waals surface area contributed by atoms with Gasteiger partial charge in [0.05, 0.1) is 12.3 Å². The highest BCUT2D eigenvalue weighted by Gasteiger charge is 2.41. The molecule has 1 amide bonds. The second-order valence-corrected chi connectivity index (χ2v) is 8.03. The van der Waals surface area contributed by atoms with Crippen LogP contribution in [0.5, 0.6) is 5.75 Å². The van der Waals surface area contributed by atoms with E-state index < -0.39 is 0 Å². The smallest absolute Gasteiger partial charge is 0.232 e. The van der Waals surface area contributed by atoms with E-state index in [9.17, 15) is 9.59 Å². The summed E-state index contributed by atoms with van der Waals surface area (Å²) in [5.41, 5.74) is 5.81. The van der Waals surface area contributed by atoms with Gasteiger partial charge in [-0.1, -0.05) is 43.3 Å². The fourth-order valence-electron chi connectivity index (χ4n) is 4.90. The number of ether oxygens (including phenoxy) is 1. The lowest BCUT2D eigenvalue weighted by Gasteiger charge is -2.40. The number of ketones is 1. The van der Waals surface area contributed by atoms with E-state index in [1.54, 1.807) is 0 Å². The summed E-state index contributed by atoms with van der Waals surface area (Å²) in [7, 11) is 0. The van der Waals surface area contributed by atoms with E-state index in [-0.39, 0.29) is 24.0 Å². The van der Waals surface area contributed by atoms with Crippen LogP contribution >= 0.6 is 0 Å². The summed E-state index contributed by atoms with van der Waals surface area (Å²) in [6, 6.07) is 14.0. The minimum Gasteiger partial charge on any atom is -0.494 e. The molecule has 4 rings (SSSR count). The largest absolute Gasteiger partial charge is 0.494 e. The molecule has 156 valence electrons. The van der Waals surface area contributed by atoms with Crippen molar-refractivity contribution in [2.45, 2.75) is 58.8 Å². The number of nitrogens with zero attached hydrogens (tertiary/aromatic N) is 1. The van der Waals surface area contributed by atoms with Crippen molar-refractivity contribution in [1.82, 2.24) is 0 Å². The highest BCUT2D eigenvalue weighted by atomic mass is 16.5. The van der Waals surface area contributed by atoms with E-state index in [1.807, 2.05) is 55.1 Å². The van der Waals surface area contributed by atoms with E-state index >= 15 is 0 Å². The topological polar surface area (TPSA) is 46.6 Å². The van der Waals surface area contributed by atoms with Gasteiger partial charge < -0.3 is 4.74 Å². The summed E-state index contributed by atoms with van der Waals surface area (Å²) in [5.74, 6) is 0.746. The van der Waals surface area contributed by atoms with Gasteiger partial charge in [0.1, 0.15) is 5.75 Å². The molecule has 2 aromatic rings. The van der Waals surface area contributed by atoms with Crippen molar-refractivity contribution >= 4 is 17.4 Å². The molecule has 0 saturated heterocycles. The first-order chi connectivity index (χ1) is 14.6. The van der Waals surface area contributed by atoms with Crippen molar-refractivity contribution < 1.29 is 14.3 Å². The van der Waals surface area contributed by atoms with Gasteiger partial charge in [-0.25, -0.2) is 0 Å². The van der Waals surface area contributed by atoms with Crippen molar-refractivity contribution in [1.29, 1.82) is 0 Å².